The van der Waals surface area contributed by atoms with Crippen LogP contribution in [0.5, 0.6) is 0 Å². The van der Waals surface area contributed by atoms with E-state index in [0.29, 0.717) is 10.0 Å². The summed E-state index contributed by atoms with van der Waals surface area (Å²) in [4.78, 5) is 4.00. The van der Waals surface area contributed by atoms with E-state index in [2.05, 4.69) is 11.9 Å². The maximum absolute atomic E-state index is 6.19. The van der Waals surface area contributed by atoms with Crippen LogP contribution in [0.4, 0.5) is 0 Å². The smallest absolute Gasteiger partial charge is 0.0986 e. The van der Waals surface area contributed by atoms with Crippen molar-refractivity contribution in [3.05, 3.63) is 52.5 Å². The molecule has 0 bridgehead atoms. The first-order valence-corrected chi connectivity index (χ1v) is 6.10. The summed E-state index contributed by atoms with van der Waals surface area (Å²) in [6, 6.07) is 5.55. The molecular formula is C13H12Cl2N2. The molecule has 17 heavy (non-hydrogen) atoms. The van der Waals surface area contributed by atoms with Crippen molar-refractivity contribution in [2.45, 2.75) is 13.3 Å². The number of benzene rings is 1. The molecule has 1 aromatic heterocycles. The zero-order valence-electron chi connectivity index (χ0n) is 9.40. The van der Waals surface area contributed by atoms with Crippen LogP contribution in [0.25, 0.3) is 11.8 Å². The largest absolute Gasteiger partial charge is 0.313 e. The second-order valence-electron chi connectivity index (χ2n) is 3.64. The Morgan fingerprint density at radius 1 is 1.41 bits per heavy atom. The molecule has 0 saturated carbocycles. The Labute approximate surface area is 111 Å². The average Bonchev–Trinajstić information content (AvgIpc) is 2.79. The van der Waals surface area contributed by atoms with E-state index in [1.54, 1.807) is 18.6 Å². The van der Waals surface area contributed by atoms with Crippen LogP contribution >= 0.6 is 23.2 Å². The van der Waals surface area contributed by atoms with E-state index in [4.69, 9.17) is 23.2 Å². The van der Waals surface area contributed by atoms with Crippen molar-refractivity contribution >= 4 is 35.0 Å². The molecule has 1 aromatic carbocycles. The molecule has 0 radical (unpaired) electrons. The van der Waals surface area contributed by atoms with Crippen LogP contribution in [0, 0.1) is 0 Å². The van der Waals surface area contributed by atoms with E-state index in [-0.39, 0.29) is 0 Å². The van der Waals surface area contributed by atoms with Gasteiger partial charge in [0.15, 0.2) is 0 Å². The Morgan fingerprint density at radius 2 is 2.24 bits per heavy atom. The molecule has 0 aliphatic carbocycles. The number of imidazole rings is 1. The molecule has 0 unspecified atom stereocenters. The molecule has 0 aliphatic rings. The number of aromatic nitrogens is 2. The van der Waals surface area contributed by atoms with Crippen LogP contribution < -0.4 is 0 Å². The first kappa shape index (κ1) is 12.2. The summed E-state index contributed by atoms with van der Waals surface area (Å²) in [5.74, 6) is 0. The quantitative estimate of drug-likeness (QED) is 0.794. The van der Waals surface area contributed by atoms with Gasteiger partial charge in [-0.05, 0) is 29.7 Å². The number of hydrogen-bond acceptors (Lipinski definition) is 1. The van der Waals surface area contributed by atoms with Crippen LogP contribution in [-0.2, 0) is 0 Å². The highest BCUT2D eigenvalue weighted by Gasteiger charge is 2.05. The molecule has 2 aromatic rings. The van der Waals surface area contributed by atoms with Gasteiger partial charge in [-0.3, -0.25) is 0 Å². The minimum atomic E-state index is 0.650. The second kappa shape index (κ2) is 5.39. The molecule has 88 valence electrons. The lowest BCUT2D eigenvalue weighted by atomic mass is 10.0. The fourth-order valence-corrected chi connectivity index (χ4v) is 2.16. The summed E-state index contributed by atoms with van der Waals surface area (Å²) < 4.78 is 1.91. The van der Waals surface area contributed by atoms with Crippen LogP contribution in [0.2, 0.25) is 10.0 Å². The van der Waals surface area contributed by atoms with Crippen molar-refractivity contribution in [3.8, 4) is 0 Å². The minimum absolute atomic E-state index is 0.650. The summed E-state index contributed by atoms with van der Waals surface area (Å²) in [7, 11) is 0. The number of allylic oxidation sites excluding steroid dienone is 1. The van der Waals surface area contributed by atoms with E-state index in [1.807, 2.05) is 29.1 Å². The fraction of sp³-hybridized carbons (Fsp3) is 0.154. The third-order valence-electron chi connectivity index (χ3n) is 2.49. The predicted octanol–water partition coefficient (Wildman–Crippen LogP) is 4.60. The lowest BCUT2D eigenvalue weighted by Crippen LogP contribution is -1.89. The number of halogens is 2. The maximum Gasteiger partial charge on any atom is 0.0986 e. The van der Waals surface area contributed by atoms with Crippen molar-refractivity contribution in [1.82, 2.24) is 9.55 Å². The molecule has 2 rings (SSSR count). The predicted molar refractivity (Wildman–Crippen MR) is 73.1 cm³/mol. The van der Waals surface area contributed by atoms with Crippen molar-refractivity contribution in [2.75, 3.05) is 0 Å². The van der Waals surface area contributed by atoms with Gasteiger partial charge in [0.1, 0.15) is 0 Å². The zero-order chi connectivity index (χ0) is 12.3. The lowest BCUT2D eigenvalue weighted by molar-refractivity contribution is 1.12. The van der Waals surface area contributed by atoms with E-state index < -0.39 is 0 Å². The molecule has 1 heterocycles. The molecule has 0 amide bonds. The van der Waals surface area contributed by atoms with Gasteiger partial charge in [0, 0.05) is 28.6 Å². The molecule has 0 fully saturated rings. The first-order valence-electron chi connectivity index (χ1n) is 5.34. The van der Waals surface area contributed by atoms with Crippen molar-refractivity contribution < 1.29 is 0 Å². The van der Waals surface area contributed by atoms with Crippen molar-refractivity contribution in [2.24, 2.45) is 0 Å². The van der Waals surface area contributed by atoms with Crippen LogP contribution in [0.1, 0.15) is 18.9 Å². The van der Waals surface area contributed by atoms with Crippen LogP contribution in [0.15, 0.2) is 36.9 Å². The summed E-state index contributed by atoms with van der Waals surface area (Å²) in [5, 5.41) is 1.32. The lowest BCUT2D eigenvalue weighted by Gasteiger charge is -2.08. The molecule has 0 spiro atoms. The van der Waals surface area contributed by atoms with Crippen molar-refractivity contribution in [3.63, 3.8) is 0 Å². The normalized spacial score (nSPS) is 11.8. The van der Waals surface area contributed by atoms with Crippen LogP contribution in [-0.4, -0.2) is 9.55 Å². The van der Waals surface area contributed by atoms with Gasteiger partial charge in [0.2, 0.25) is 0 Å². The van der Waals surface area contributed by atoms with Crippen LogP contribution in [0.3, 0.4) is 0 Å². The zero-order valence-corrected chi connectivity index (χ0v) is 10.9. The Morgan fingerprint density at radius 3 is 2.82 bits per heavy atom. The van der Waals surface area contributed by atoms with Gasteiger partial charge in [-0.2, -0.15) is 0 Å². The van der Waals surface area contributed by atoms with Gasteiger partial charge in [-0.1, -0.05) is 36.2 Å². The summed E-state index contributed by atoms with van der Waals surface area (Å²) >= 11 is 12.1. The number of nitrogens with zero attached hydrogens (tertiary/aromatic N) is 2. The third kappa shape index (κ3) is 2.90. The molecule has 0 atom stereocenters. The van der Waals surface area contributed by atoms with Gasteiger partial charge < -0.3 is 4.57 Å². The number of rotatable bonds is 3. The maximum atomic E-state index is 6.19. The molecule has 2 nitrogen and oxygen atoms in total. The molecular weight excluding hydrogens is 255 g/mol. The minimum Gasteiger partial charge on any atom is -0.313 e. The van der Waals surface area contributed by atoms with Gasteiger partial charge in [0.25, 0.3) is 0 Å². The first-order chi connectivity index (χ1) is 8.20. The Hall–Kier alpha value is -1.25. The standard InChI is InChI=1S/C13H12Cl2N2/c1-2-10(8-17-6-5-16-9-17)12-4-3-11(14)7-13(12)15/h3-9H,2H2,1H3/b10-8+. The summed E-state index contributed by atoms with van der Waals surface area (Å²) in [6.45, 7) is 2.09. The third-order valence-corrected chi connectivity index (χ3v) is 3.04. The molecule has 4 heteroatoms. The fourth-order valence-electron chi connectivity index (χ4n) is 1.63. The number of hydrogen-bond donors (Lipinski definition) is 0. The Kier molecular flexibility index (Phi) is 3.87. The molecule has 0 saturated heterocycles. The highest BCUT2D eigenvalue weighted by Crippen LogP contribution is 2.29. The van der Waals surface area contributed by atoms with Gasteiger partial charge in [0.05, 0.1) is 6.33 Å². The summed E-state index contributed by atoms with van der Waals surface area (Å²) in [6.07, 6.45) is 8.29. The van der Waals surface area contributed by atoms with E-state index in [0.717, 1.165) is 17.6 Å². The molecule has 0 N–H and O–H groups in total. The van der Waals surface area contributed by atoms with E-state index in [1.165, 1.54) is 0 Å². The van der Waals surface area contributed by atoms with Gasteiger partial charge >= 0.3 is 0 Å². The Bertz CT molecular complexity index is 530. The highest BCUT2D eigenvalue weighted by atomic mass is 35.5. The van der Waals surface area contributed by atoms with Crippen molar-refractivity contribution in [1.29, 1.82) is 0 Å². The second-order valence-corrected chi connectivity index (χ2v) is 4.49. The summed E-state index contributed by atoms with van der Waals surface area (Å²) in [5.41, 5.74) is 2.15. The topological polar surface area (TPSA) is 17.8 Å². The van der Waals surface area contributed by atoms with E-state index >= 15 is 0 Å². The van der Waals surface area contributed by atoms with Gasteiger partial charge in [-0.15, -0.1) is 0 Å². The highest BCUT2D eigenvalue weighted by molar-refractivity contribution is 6.35. The average molecular weight is 267 g/mol. The van der Waals surface area contributed by atoms with E-state index in [9.17, 15) is 0 Å². The monoisotopic (exact) mass is 266 g/mol. The SMILES string of the molecule is CC/C(=C\n1ccnc1)c1ccc(Cl)cc1Cl. The Balaban J connectivity index is 2.42. The molecule has 0 aliphatic heterocycles. The van der Waals surface area contributed by atoms with Gasteiger partial charge in [-0.25, -0.2) is 4.98 Å².